The summed E-state index contributed by atoms with van der Waals surface area (Å²) in [7, 11) is 0. The molecular weight excluding hydrogens is 275 g/mol. The zero-order chi connectivity index (χ0) is 13.5. The Hall–Kier alpha value is -0.770. The SMILES string of the molecule is CCCOC(=O)CCC(O)c1ccc(Cl)cc1Cl. The summed E-state index contributed by atoms with van der Waals surface area (Å²) < 4.78 is 4.92. The molecule has 0 spiro atoms. The third kappa shape index (κ3) is 4.84. The standard InChI is InChI=1S/C13H16Cl2O3/c1-2-7-18-13(17)6-5-12(16)10-4-3-9(14)8-11(10)15/h3-4,8,12,16H,2,5-7H2,1H3. The average molecular weight is 291 g/mol. The predicted octanol–water partition coefficient (Wildman–Crippen LogP) is 3.76. The number of carbonyl (C=O) groups excluding carboxylic acids is 1. The predicted molar refractivity (Wildman–Crippen MR) is 71.9 cm³/mol. The Balaban J connectivity index is 2.50. The van der Waals surface area contributed by atoms with Crippen molar-refractivity contribution in [3.63, 3.8) is 0 Å². The summed E-state index contributed by atoms with van der Waals surface area (Å²) >= 11 is 11.7. The van der Waals surface area contributed by atoms with E-state index in [1.807, 2.05) is 6.92 Å². The van der Waals surface area contributed by atoms with E-state index in [2.05, 4.69) is 0 Å². The monoisotopic (exact) mass is 290 g/mol. The second kappa shape index (κ2) is 7.62. The minimum atomic E-state index is -0.788. The number of esters is 1. The van der Waals surface area contributed by atoms with Crippen LogP contribution in [0.25, 0.3) is 0 Å². The van der Waals surface area contributed by atoms with Crippen LogP contribution in [0.1, 0.15) is 37.9 Å². The maximum Gasteiger partial charge on any atom is 0.305 e. The van der Waals surface area contributed by atoms with E-state index in [4.69, 9.17) is 27.9 Å². The molecule has 1 aromatic carbocycles. The summed E-state index contributed by atoms with van der Waals surface area (Å²) in [5.74, 6) is -0.305. The maximum absolute atomic E-state index is 11.3. The lowest BCUT2D eigenvalue weighted by molar-refractivity contribution is -0.144. The molecule has 0 heterocycles. The van der Waals surface area contributed by atoms with Crippen LogP contribution in [0.5, 0.6) is 0 Å². The summed E-state index contributed by atoms with van der Waals surface area (Å²) in [6.45, 7) is 2.34. The smallest absolute Gasteiger partial charge is 0.305 e. The van der Waals surface area contributed by atoms with Crippen molar-refractivity contribution in [2.45, 2.75) is 32.3 Å². The van der Waals surface area contributed by atoms with E-state index >= 15 is 0 Å². The summed E-state index contributed by atoms with van der Waals surface area (Å²) in [6.07, 6.45) is 0.449. The van der Waals surface area contributed by atoms with Crippen LogP contribution in [0.2, 0.25) is 10.0 Å². The van der Waals surface area contributed by atoms with Crippen LogP contribution in [0.15, 0.2) is 18.2 Å². The topological polar surface area (TPSA) is 46.5 Å². The zero-order valence-electron chi connectivity index (χ0n) is 10.2. The van der Waals surface area contributed by atoms with Crippen molar-refractivity contribution in [3.05, 3.63) is 33.8 Å². The Bertz CT molecular complexity index is 407. The van der Waals surface area contributed by atoms with Gasteiger partial charge in [-0.2, -0.15) is 0 Å². The fourth-order valence-electron chi connectivity index (χ4n) is 1.47. The number of ether oxygens (including phenoxy) is 1. The number of carbonyl (C=O) groups is 1. The molecule has 18 heavy (non-hydrogen) atoms. The van der Waals surface area contributed by atoms with Crippen LogP contribution in [0, 0.1) is 0 Å². The van der Waals surface area contributed by atoms with Gasteiger partial charge in [-0.3, -0.25) is 4.79 Å². The van der Waals surface area contributed by atoms with Crippen LogP contribution in [0.4, 0.5) is 0 Å². The van der Waals surface area contributed by atoms with Crippen molar-refractivity contribution in [2.75, 3.05) is 6.61 Å². The number of halogens is 2. The summed E-state index contributed by atoms with van der Waals surface area (Å²) in [6, 6.07) is 4.88. The molecule has 1 aromatic rings. The van der Waals surface area contributed by atoms with E-state index in [1.165, 1.54) is 0 Å². The third-order valence-corrected chi connectivity index (χ3v) is 2.97. The highest BCUT2D eigenvalue weighted by Gasteiger charge is 2.14. The minimum absolute atomic E-state index is 0.167. The van der Waals surface area contributed by atoms with Crippen molar-refractivity contribution in [2.24, 2.45) is 0 Å². The Morgan fingerprint density at radius 1 is 1.44 bits per heavy atom. The Morgan fingerprint density at radius 2 is 2.17 bits per heavy atom. The van der Waals surface area contributed by atoms with Gasteiger partial charge in [-0.25, -0.2) is 0 Å². The average Bonchev–Trinajstić information content (AvgIpc) is 2.33. The molecule has 3 nitrogen and oxygen atoms in total. The Kier molecular flexibility index (Phi) is 6.47. The van der Waals surface area contributed by atoms with Crippen molar-refractivity contribution < 1.29 is 14.6 Å². The maximum atomic E-state index is 11.3. The van der Waals surface area contributed by atoms with Crippen molar-refractivity contribution in [1.82, 2.24) is 0 Å². The highest BCUT2D eigenvalue weighted by Crippen LogP contribution is 2.28. The summed E-state index contributed by atoms with van der Waals surface area (Å²) in [5.41, 5.74) is 0.573. The third-order valence-electron chi connectivity index (χ3n) is 2.41. The van der Waals surface area contributed by atoms with E-state index < -0.39 is 6.10 Å². The molecule has 0 fully saturated rings. The van der Waals surface area contributed by atoms with Gasteiger partial charge < -0.3 is 9.84 Å². The first kappa shape index (κ1) is 15.3. The molecule has 0 bridgehead atoms. The van der Waals surface area contributed by atoms with E-state index in [1.54, 1.807) is 18.2 Å². The lowest BCUT2D eigenvalue weighted by Gasteiger charge is -2.12. The van der Waals surface area contributed by atoms with Crippen LogP contribution in [-0.4, -0.2) is 17.7 Å². The van der Waals surface area contributed by atoms with Gasteiger partial charge in [-0.1, -0.05) is 36.2 Å². The quantitative estimate of drug-likeness (QED) is 0.812. The van der Waals surface area contributed by atoms with Gasteiger partial charge in [-0.05, 0) is 30.5 Å². The second-order valence-electron chi connectivity index (χ2n) is 3.94. The molecule has 0 saturated carbocycles. The molecule has 5 heteroatoms. The van der Waals surface area contributed by atoms with Crippen LogP contribution >= 0.6 is 23.2 Å². The lowest BCUT2D eigenvalue weighted by atomic mass is 10.1. The van der Waals surface area contributed by atoms with Crippen LogP contribution in [-0.2, 0) is 9.53 Å². The number of hydrogen-bond acceptors (Lipinski definition) is 3. The number of benzene rings is 1. The first-order chi connectivity index (χ1) is 8.54. The normalized spacial score (nSPS) is 12.2. The molecule has 1 unspecified atom stereocenters. The van der Waals surface area contributed by atoms with Gasteiger partial charge in [0.15, 0.2) is 0 Å². The molecular formula is C13H16Cl2O3. The van der Waals surface area contributed by atoms with Gasteiger partial charge in [0.2, 0.25) is 0 Å². The molecule has 0 amide bonds. The molecule has 0 saturated heterocycles. The molecule has 0 aliphatic carbocycles. The molecule has 1 atom stereocenters. The molecule has 0 aromatic heterocycles. The minimum Gasteiger partial charge on any atom is -0.466 e. The van der Waals surface area contributed by atoms with E-state index in [9.17, 15) is 9.90 Å². The van der Waals surface area contributed by atoms with Crippen molar-refractivity contribution in [3.8, 4) is 0 Å². The fraction of sp³-hybridized carbons (Fsp3) is 0.462. The van der Waals surface area contributed by atoms with E-state index in [-0.39, 0.29) is 18.8 Å². The number of aliphatic hydroxyl groups excluding tert-OH is 1. The molecule has 0 aliphatic heterocycles. The van der Waals surface area contributed by atoms with Crippen molar-refractivity contribution >= 4 is 29.2 Å². The number of hydrogen-bond donors (Lipinski definition) is 1. The van der Waals surface area contributed by atoms with E-state index in [0.717, 1.165) is 6.42 Å². The highest BCUT2D eigenvalue weighted by molar-refractivity contribution is 6.35. The second-order valence-corrected chi connectivity index (χ2v) is 4.78. The first-order valence-electron chi connectivity index (χ1n) is 5.83. The van der Waals surface area contributed by atoms with Gasteiger partial charge in [0.1, 0.15) is 0 Å². The Morgan fingerprint density at radius 3 is 2.78 bits per heavy atom. The van der Waals surface area contributed by atoms with Gasteiger partial charge in [0.25, 0.3) is 0 Å². The van der Waals surface area contributed by atoms with Gasteiger partial charge in [-0.15, -0.1) is 0 Å². The first-order valence-corrected chi connectivity index (χ1v) is 6.58. The zero-order valence-corrected chi connectivity index (χ0v) is 11.7. The van der Waals surface area contributed by atoms with Crippen LogP contribution in [0.3, 0.4) is 0 Å². The van der Waals surface area contributed by atoms with Gasteiger partial charge in [0, 0.05) is 16.5 Å². The Labute approximate surface area is 117 Å². The van der Waals surface area contributed by atoms with Crippen molar-refractivity contribution in [1.29, 1.82) is 0 Å². The molecule has 0 aliphatic rings. The molecule has 1 rings (SSSR count). The summed E-state index contributed by atoms with van der Waals surface area (Å²) in [4.78, 5) is 11.3. The largest absolute Gasteiger partial charge is 0.466 e. The molecule has 0 radical (unpaired) electrons. The van der Waals surface area contributed by atoms with Gasteiger partial charge >= 0.3 is 5.97 Å². The summed E-state index contributed by atoms with van der Waals surface area (Å²) in [5, 5.41) is 10.8. The van der Waals surface area contributed by atoms with Crippen LogP contribution < -0.4 is 0 Å². The van der Waals surface area contributed by atoms with E-state index in [0.29, 0.717) is 22.2 Å². The number of rotatable bonds is 6. The van der Waals surface area contributed by atoms with Gasteiger partial charge in [0.05, 0.1) is 12.7 Å². The lowest BCUT2D eigenvalue weighted by Crippen LogP contribution is -2.08. The fourth-order valence-corrected chi connectivity index (χ4v) is 2.00. The molecule has 1 N–H and O–H groups in total. The number of aliphatic hydroxyl groups is 1. The molecule has 100 valence electrons. The highest BCUT2D eigenvalue weighted by atomic mass is 35.5.